The molecule has 1 N–H and O–H groups in total. The molecule has 18 heavy (non-hydrogen) atoms. The molecular formula is C15H20N2S. The van der Waals surface area contributed by atoms with E-state index in [1.807, 2.05) is 0 Å². The Morgan fingerprint density at radius 2 is 2.17 bits per heavy atom. The highest BCUT2D eigenvalue weighted by Crippen LogP contribution is 2.41. The molecule has 0 spiro atoms. The van der Waals surface area contributed by atoms with Gasteiger partial charge in [0, 0.05) is 23.1 Å². The van der Waals surface area contributed by atoms with Crippen LogP contribution in [0.3, 0.4) is 0 Å². The predicted octanol–water partition coefficient (Wildman–Crippen LogP) is 3.41. The summed E-state index contributed by atoms with van der Waals surface area (Å²) in [5.41, 5.74) is 2.52. The Hall–Kier alpha value is -0.930. The van der Waals surface area contributed by atoms with Gasteiger partial charge in [-0.2, -0.15) is 12.6 Å². The number of para-hydroxylation sites is 1. The van der Waals surface area contributed by atoms with Crippen molar-refractivity contribution in [1.29, 1.82) is 0 Å². The van der Waals surface area contributed by atoms with Crippen LogP contribution in [0.2, 0.25) is 0 Å². The van der Waals surface area contributed by atoms with E-state index in [1.165, 1.54) is 35.9 Å². The minimum Gasteiger partial charge on any atom is -0.361 e. The van der Waals surface area contributed by atoms with Gasteiger partial charge in [0.05, 0.1) is 4.75 Å². The van der Waals surface area contributed by atoms with Crippen molar-refractivity contribution < 1.29 is 0 Å². The number of aromatic nitrogens is 1. The Labute approximate surface area is 114 Å². The number of likely N-dealkylation sites (tertiary alicyclic amines) is 1. The predicted molar refractivity (Wildman–Crippen MR) is 80.3 cm³/mol. The van der Waals surface area contributed by atoms with Crippen LogP contribution in [0.1, 0.15) is 25.3 Å². The number of aromatic amines is 1. The van der Waals surface area contributed by atoms with E-state index >= 15 is 0 Å². The molecule has 1 aliphatic rings. The number of thiol groups is 1. The summed E-state index contributed by atoms with van der Waals surface area (Å²) in [4.78, 5) is 5.80. The van der Waals surface area contributed by atoms with Gasteiger partial charge in [-0.3, -0.25) is 0 Å². The normalized spacial score (nSPS) is 24.5. The molecule has 1 aromatic heterocycles. The van der Waals surface area contributed by atoms with Gasteiger partial charge in [0.1, 0.15) is 0 Å². The summed E-state index contributed by atoms with van der Waals surface area (Å²) in [5.74, 6) is 0. The molecule has 2 heterocycles. The van der Waals surface area contributed by atoms with Crippen LogP contribution in [0.4, 0.5) is 0 Å². The van der Waals surface area contributed by atoms with Crippen molar-refractivity contribution in [2.45, 2.75) is 30.6 Å². The maximum absolute atomic E-state index is 5.01. The molecular weight excluding hydrogens is 240 g/mol. The van der Waals surface area contributed by atoms with Gasteiger partial charge in [-0.15, -0.1) is 0 Å². The lowest BCUT2D eigenvalue weighted by atomic mass is 9.90. The third kappa shape index (κ3) is 1.77. The van der Waals surface area contributed by atoms with E-state index in [1.54, 1.807) is 0 Å². The molecule has 2 atom stereocenters. The summed E-state index contributed by atoms with van der Waals surface area (Å²) >= 11 is 5.01. The number of likely N-dealkylation sites (N-methyl/N-ethyl adjacent to an activating group) is 1. The SMILES string of the molecule is CN1CCC[C@@H]1C(C)(S)c1c[nH]c2ccccc12. The van der Waals surface area contributed by atoms with Crippen molar-refractivity contribution in [3.05, 3.63) is 36.0 Å². The van der Waals surface area contributed by atoms with E-state index in [4.69, 9.17) is 12.6 Å². The maximum atomic E-state index is 5.01. The average Bonchev–Trinajstić information content (AvgIpc) is 2.95. The number of benzene rings is 1. The van der Waals surface area contributed by atoms with Gasteiger partial charge in [0.2, 0.25) is 0 Å². The Morgan fingerprint density at radius 3 is 2.89 bits per heavy atom. The number of hydrogen-bond acceptors (Lipinski definition) is 2. The summed E-state index contributed by atoms with van der Waals surface area (Å²) in [6.45, 7) is 3.43. The lowest BCUT2D eigenvalue weighted by molar-refractivity contribution is 0.263. The Morgan fingerprint density at radius 1 is 1.39 bits per heavy atom. The Kier molecular flexibility index (Phi) is 2.91. The largest absolute Gasteiger partial charge is 0.361 e. The number of H-pyrrole nitrogens is 1. The molecule has 0 bridgehead atoms. The molecule has 0 amide bonds. The Bertz CT molecular complexity index is 558. The van der Waals surface area contributed by atoms with Gasteiger partial charge in [-0.1, -0.05) is 18.2 Å². The van der Waals surface area contributed by atoms with Crippen LogP contribution >= 0.6 is 12.6 Å². The maximum Gasteiger partial charge on any atom is 0.0525 e. The molecule has 0 aliphatic carbocycles. The highest BCUT2D eigenvalue weighted by Gasteiger charge is 2.39. The van der Waals surface area contributed by atoms with Crippen molar-refractivity contribution in [2.24, 2.45) is 0 Å². The second-order valence-electron chi connectivity index (χ2n) is 5.53. The zero-order chi connectivity index (χ0) is 12.8. The van der Waals surface area contributed by atoms with Gasteiger partial charge >= 0.3 is 0 Å². The van der Waals surface area contributed by atoms with Crippen LogP contribution in [0.25, 0.3) is 10.9 Å². The van der Waals surface area contributed by atoms with Crippen molar-refractivity contribution in [1.82, 2.24) is 9.88 Å². The first-order chi connectivity index (χ1) is 8.60. The lowest BCUT2D eigenvalue weighted by Gasteiger charge is -2.35. The minimum atomic E-state index is -0.106. The fourth-order valence-electron chi connectivity index (χ4n) is 3.29. The molecule has 0 saturated carbocycles. The second kappa shape index (κ2) is 4.32. The summed E-state index contributed by atoms with van der Waals surface area (Å²) in [7, 11) is 2.21. The van der Waals surface area contributed by atoms with Crippen molar-refractivity contribution in [2.75, 3.05) is 13.6 Å². The van der Waals surface area contributed by atoms with E-state index < -0.39 is 0 Å². The molecule has 2 aromatic rings. The number of nitrogens with zero attached hydrogens (tertiary/aromatic N) is 1. The van der Waals surface area contributed by atoms with E-state index in [2.05, 4.69) is 54.3 Å². The standard InChI is InChI=1S/C15H20N2S/c1-15(18,14-8-5-9-17(14)2)12-10-16-13-7-4-3-6-11(12)13/h3-4,6-7,10,14,16,18H,5,8-9H2,1-2H3/t14-,15?/m1/s1. The minimum absolute atomic E-state index is 0.106. The molecule has 1 saturated heterocycles. The number of rotatable bonds is 2. The third-order valence-electron chi connectivity index (χ3n) is 4.30. The van der Waals surface area contributed by atoms with Gasteiger partial charge < -0.3 is 9.88 Å². The van der Waals surface area contributed by atoms with E-state index in [-0.39, 0.29) is 4.75 Å². The van der Waals surface area contributed by atoms with Crippen LogP contribution in [0, 0.1) is 0 Å². The second-order valence-corrected chi connectivity index (χ2v) is 6.46. The van der Waals surface area contributed by atoms with E-state index in [0.717, 1.165) is 0 Å². The van der Waals surface area contributed by atoms with Crippen molar-refractivity contribution in [3.8, 4) is 0 Å². The molecule has 3 rings (SSSR count). The van der Waals surface area contributed by atoms with Crippen molar-refractivity contribution in [3.63, 3.8) is 0 Å². The van der Waals surface area contributed by atoms with Crippen molar-refractivity contribution >= 4 is 23.5 Å². The first-order valence-electron chi connectivity index (χ1n) is 6.60. The molecule has 3 heteroatoms. The topological polar surface area (TPSA) is 19.0 Å². The zero-order valence-corrected chi connectivity index (χ0v) is 11.9. The van der Waals surface area contributed by atoms with Gasteiger partial charge in [0.15, 0.2) is 0 Å². The quantitative estimate of drug-likeness (QED) is 0.792. The van der Waals surface area contributed by atoms with Crippen LogP contribution in [0.15, 0.2) is 30.5 Å². The van der Waals surface area contributed by atoms with Gasteiger partial charge in [0.25, 0.3) is 0 Å². The molecule has 1 aromatic carbocycles. The molecule has 1 unspecified atom stereocenters. The molecule has 2 nitrogen and oxygen atoms in total. The smallest absolute Gasteiger partial charge is 0.0525 e. The molecule has 1 aliphatic heterocycles. The van der Waals surface area contributed by atoms with Crippen LogP contribution in [-0.4, -0.2) is 29.5 Å². The number of hydrogen-bond donors (Lipinski definition) is 2. The summed E-state index contributed by atoms with van der Waals surface area (Å²) in [6, 6.07) is 8.99. The highest BCUT2D eigenvalue weighted by molar-refractivity contribution is 7.81. The van der Waals surface area contributed by atoms with Crippen LogP contribution < -0.4 is 0 Å². The lowest BCUT2D eigenvalue weighted by Crippen LogP contribution is -2.40. The summed E-state index contributed by atoms with van der Waals surface area (Å²) < 4.78 is -0.106. The van der Waals surface area contributed by atoms with Gasteiger partial charge in [-0.05, 0) is 45.0 Å². The first kappa shape index (κ1) is 12.1. The molecule has 96 valence electrons. The monoisotopic (exact) mass is 260 g/mol. The molecule has 0 radical (unpaired) electrons. The summed E-state index contributed by atoms with van der Waals surface area (Å²) in [5, 5.41) is 1.30. The fourth-order valence-corrected chi connectivity index (χ4v) is 3.80. The van der Waals surface area contributed by atoms with E-state index in [9.17, 15) is 0 Å². The number of fused-ring (bicyclic) bond motifs is 1. The first-order valence-corrected chi connectivity index (χ1v) is 7.04. The van der Waals surface area contributed by atoms with Gasteiger partial charge in [-0.25, -0.2) is 0 Å². The fraction of sp³-hybridized carbons (Fsp3) is 0.467. The Balaban J connectivity index is 2.07. The average molecular weight is 260 g/mol. The van der Waals surface area contributed by atoms with E-state index in [0.29, 0.717) is 6.04 Å². The van der Waals surface area contributed by atoms with Crippen LogP contribution in [-0.2, 0) is 4.75 Å². The number of nitrogens with one attached hydrogen (secondary N) is 1. The third-order valence-corrected chi connectivity index (χ3v) is 4.84. The molecule has 1 fully saturated rings. The van der Waals surface area contributed by atoms with Crippen LogP contribution in [0.5, 0.6) is 0 Å². The zero-order valence-electron chi connectivity index (χ0n) is 11.0. The highest BCUT2D eigenvalue weighted by atomic mass is 32.1. The summed E-state index contributed by atoms with van der Waals surface area (Å²) in [6.07, 6.45) is 4.64.